The Balaban J connectivity index is 0.999. The molecule has 4 amide bonds. The number of hydrogen-bond donors (Lipinski definition) is 4. The first-order chi connectivity index (χ1) is 27.9. The van der Waals surface area contributed by atoms with Crippen molar-refractivity contribution in [1.82, 2.24) is 40.4 Å². The summed E-state index contributed by atoms with van der Waals surface area (Å²) in [5, 5.41) is 5.44. The second-order valence-corrected chi connectivity index (χ2v) is 16.8. The molecule has 2 aromatic heterocycles. The highest BCUT2D eigenvalue weighted by Gasteiger charge is 2.41. The van der Waals surface area contributed by atoms with Crippen LogP contribution in [0.3, 0.4) is 0 Å². The van der Waals surface area contributed by atoms with Crippen LogP contribution in [0.1, 0.15) is 112 Å². The molecule has 5 heterocycles. The van der Waals surface area contributed by atoms with Crippen molar-refractivity contribution in [2.75, 3.05) is 27.3 Å². The van der Waals surface area contributed by atoms with Gasteiger partial charge in [0.2, 0.25) is 11.8 Å². The Morgan fingerprint density at radius 3 is 2.12 bits per heavy atom. The van der Waals surface area contributed by atoms with Gasteiger partial charge in [-0.1, -0.05) is 39.8 Å². The van der Waals surface area contributed by atoms with E-state index in [-0.39, 0.29) is 41.7 Å². The van der Waals surface area contributed by atoms with E-state index in [2.05, 4.69) is 44.9 Å². The SMILES string of the molecule is COC(=O)NC(C(=O)N1CCCC1c1ncc(-c2ccc3c(c2)COC2=C3CC3CCc4[nH]c([C@@H]5CCCN5C(=O)[C@@H](NC(=O)OC)C(C)C)nc4C3=C2)[nH]1)C(C)C. The summed E-state index contributed by atoms with van der Waals surface area (Å²) in [6, 6.07) is 4.69. The minimum Gasteiger partial charge on any atom is -0.489 e. The van der Waals surface area contributed by atoms with E-state index in [1.54, 1.807) is 0 Å². The van der Waals surface area contributed by atoms with E-state index in [4.69, 9.17) is 24.2 Å². The van der Waals surface area contributed by atoms with Crippen LogP contribution in [-0.4, -0.2) is 93.1 Å². The molecule has 0 radical (unpaired) electrons. The average molecular weight is 795 g/mol. The first kappa shape index (κ1) is 39.2. The number of amides is 4. The van der Waals surface area contributed by atoms with Gasteiger partial charge in [0, 0.05) is 24.4 Å². The zero-order chi connectivity index (χ0) is 40.8. The summed E-state index contributed by atoms with van der Waals surface area (Å²) in [4.78, 5) is 72.2. The van der Waals surface area contributed by atoms with E-state index in [1.165, 1.54) is 30.9 Å². The number of alkyl carbamates (subject to hydrolysis) is 2. The monoisotopic (exact) mass is 794 g/mol. The van der Waals surface area contributed by atoms with Crippen molar-refractivity contribution in [3.8, 4) is 11.3 Å². The minimum absolute atomic E-state index is 0.103. The Morgan fingerprint density at radius 2 is 1.50 bits per heavy atom. The van der Waals surface area contributed by atoms with Crippen LogP contribution in [-0.2, 0) is 36.8 Å². The molecular formula is C43H54N8O7. The molecular weight excluding hydrogens is 741 g/mol. The third kappa shape index (κ3) is 7.23. The summed E-state index contributed by atoms with van der Waals surface area (Å²) < 4.78 is 16.1. The van der Waals surface area contributed by atoms with Gasteiger partial charge in [0.05, 0.1) is 43.9 Å². The molecule has 3 unspecified atom stereocenters. The first-order valence-corrected chi connectivity index (χ1v) is 20.6. The summed E-state index contributed by atoms with van der Waals surface area (Å²) in [5.74, 6) is 2.23. The fraction of sp³-hybridized carbons (Fsp3) is 0.535. The van der Waals surface area contributed by atoms with Crippen LogP contribution < -0.4 is 10.6 Å². The maximum Gasteiger partial charge on any atom is 0.407 e. The van der Waals surface area contributed by atoms with Gasteiger partial charge in [0.25, 0.3) is 0 Å². The highest BCUT2D eigenvalue weighted by atomic mass is 16.5. The van der Waals surface area contributed by atoms with Gasteiger partial charge in [-0.2, -0.15) is 0 Å². The average Bonchev–Trinajstić information content (AvgIpc) is 4.06. The largest absolute Gasteiger partial charge is 0.489 e. The quantitative estimate of drug-likeness (QED) is 0.197. The lowest BCUT2D eigenvalue weighted by molar-refractivity contribution is -0.136. The lowest BCUT2D eigenvalue weighted by atomic mass is 9.75. The topological polar surface area (TPSA) is 184 Å². The number of fused-ring (bicyclic) bond motifs is 5. The van der Waals surface area contributed by atoms with E-state index >= 15 is 0 Å². The van der Waals surface area contributed by atoms with Crippen LogP contribution in [0.15, 0.2) is 36.2 Å². The van der Waals surface area contributed by atoms with E-state index in [0.29, 0.717) is 19.7 Å². The predicted octanol–water partition coefficient (Wildman–Crippen LogP) is 6.18. The molecule has 308 valence electrons. The number of carbonyl (C=O) groups excluding carboxylic acids is 4. The van der Waals surface area contributed by atoms with Crippen LogP contribution in [0, 0.1) is 17.8 Å². The number of ether oxygens (including phenoxy) is 3. The zero-order valence-electron chi connectivity index (χ0n) is 34.1. The number of allylic oxidation sites excluding steroid dienone is 3. The number of hydrogen-bond acceptors (Lipinski definition) is 9. The molecule has 0 saturated carbocycles. The molecule has 3 aliphatic heterocycles. The Hall–Kier alpha value is -5.60. The molecule has 15 heteroatoms. The number of nitrogens with one attached hydrogen (secondary N) is 4. The number of carbonyl (C=O) groups is 4. The number of benzene rings is 1. The van der Waals surface area contributed by atoms with E-state index in [0.717, 1.165) is 90.6 Å². The molecule has 1 aromatic carbocycles. The number of rotatable bonds is 9. The number of imidazole rings is 2. The van der Waals surface area contributed by atoms with Crippen molar-refractivity contribution in [3.05, 3.63) is 70.4 Å². The van der Waals surface area contributed by atoms with Crippen molar-refractivity contribution >= 4 is 35.1 Å². The molecule has 5 aliphatic rings. The van der Waals surface area contributed by atoms with E-state index in [9.17, 15) is 19.2 Å². The Morgan fingerprint density at radius 1 is 0.862 bits per heavy atom. The third-order valence-corrected chi connectivity index (χ3v) is 12.5. The lowest BCUT2D eigenvalue weighted by Gasteiger charge is -2.33. The second kappa shape index (κ2) is 16.0. The van der Waals surface area contributed by atoms with Crippen LogP contribution in [0.5, 0.6) is 0 Å². The molecule has 2 fully saturated rings. The molecule has 2 aliphatic carbocycles. The maximum atomic E-state index is 13.8. The van der Waals surface area contributed by atoms with Crippen molar-refractivity contribution < 1.29 is 33.4 Å². The Bertz CT molecular complexity index is 2170. The molecule has 58 heavy (non-hydrogen) atoms. The summed E-state index contributed by atoms with van der Waals surface area (Å²) in [5.41, 5.74) is 8.61. The maximum absolute atomic E-state index is 13.8. The summed E-state index contributed by atoms with van der Waals surface area (Å²) in [6.45, 7) is 9.28. The number of aromatic nitrogens is 4. The lowest BCUT2D eigenvalue weighted by Crippen LogP contribution is -2.51. The molecule has 5 atom stereocenters. The number of methoxy groups -OCH3 is 2. The predicted molar refractivity (Wildman–Crippen MR) is 214 cm³/mol. The fourth-order valence-corrected chi connectivity index (χ4v) is 9.39. The van der Waals surface area contributed by atoms with E-state index < -0.39 is 24.3 Å². The van der Waals surface area contributed by atoms with Gasteiger partial charge >= 0.3 is 12.2 Å². The molecule has 4 N–H and O–H groups in total. The minimum atomic E-state index is -0.692. The first-order valence-electron chi connectivity index (χ1n) is 20.6. The number of nitrogens with zero attached hydrogens (tertiary/aromatic N) is 4. The van der Waals surface area contributed by atoms with Crippen molar-refractivity contribution in [2.45, 2.75) is 103 Å². The number of aryl methyl sites for hydroxylation is 1. The molecule has 0 bridgehead atoms. The van der Waals surface area contributed by atoms with Crippen molar-refractivity contribution in [2.24, 2.45) is 17.8 Å². The summed E-state index contributed by atoms with van der Waals surface area (Å²) >= 11 is 0. The zero-order valence-corrected chi connectivity index (χ0v) is 34.1. The van der Waals surface area contributed by atoms with Gasteiger partial charge in [-0.05, 0) is 97.1 Å². The van der Waals surface area contributed by atoms with Crippen molar-refractivity contribution in [3.63, 3.8) is 0 Å². The normalized spacial score (nSPS) is 22.0. The van der Waals surface area contributed by atoms with Gasteiger partial charge in [-0.15, -0.1) is 0 Å². The molecule has 2 saturated heterocycles. The molecule has 8 rings (SSSR count). The van der Waals surface area contributed by atoms with Crippen LogP contribution in [0.2, 0.25) is 0 Å². The van der Waals surface area contributed by atoms with E-state index in [1.807, 2.05) is 43.7 Å². The number of aromatic amines is 2. The molecule has 15 nitrogen and oxygen atoms in total. The molecule has 0 spiro atoms. The number of H-pyrrole nitrogens is 2. The van der Waals surface area contributed by atoms with Gasteiger partial charge in [-0.3, -0.25) is 9.59 Å². The van der Waals surface area contributed by atoms with Gasteiger partial charge in [0.1, 0.15) is 36.1 Å². The van der Waals surface area contributed by atoms with Gasteiger partial charge < -0.3 is 44.6 Å². The summed E-state index contributed by atoms with van der Waals surface area (Å²) in [6.07, 6.45) is 8.74. The third-order valence-electron chi connectivity index (χ3n) is 12.5. The van der Waals surface area contributed by atoms with Crippen LogP contribution in [0.25, 0.3) is 22.4 Å². The van der Waals surface area contributed by atoms with Gasteiger partial charge in [0.15, 0.2) is 0 Å². The van der Waals surface area contributed by atoms with Crippen LogP contribution >= 0.6 is 0 Å². The Kier molecular flexibility index (Phi) is 10.8. The second-order valence-electron chi connectivity index (χ2n) is 16.8. The standard InChI is InChI=1S/C43H54N8O7/c1-22(2)35(48-42(54)56-5)40(52)50-15-7-9-32(50)38-44-20-31(46-38)25-11-13-27-26(17-25)21-58-34-19-28-24(18-29(27)34)12-14-30-37(28)47-39(45-30)33-10-8-16-51(33)41(53)36(23(3)4)49-43(55)57-6/h11,13,17,19-20,22-24,32-33,35-36H,7-10,12,14-16,18,21H2,1-6H3,(H,44,46)(H,45,47)(H,48,54)(H,49,55)/t24?,32?,33-,35?,36-/m0/s1. The van der Waals surface area contributed by atoms with Crippen molar-refractivity contribution in [1.29, 1.82) is 0 Å². The molecule has 3 aromatic rings. The Labute approximate surface area is 338 Å². The van der Waals surface area contributed by atoms with Gasteiger partial charge in [-0.25, -0.2) is 19.6 Å². The fourth-order valence-electron chi connectivity index (χ4n) is 9.39. The van der Waals surface area contributed by atoms with Crippen LogP contribution in [0.4, 0.5) is 9.59 Å². The summed E-state index contributed by atoms with van der Waals surface area (Å²) in [7, 11) is 2.60. The highest BCUT2D eigenvalue weighted by Crippen LogP contribution is 2.48. The number of likely N-dealkylation sites (tertiary alicyclic amines) is 2. The highest BCUT2D eigenvalue weighted by molar-refractivity contribution is 5.88. The smallest absolute Gasteiger partial charge is 0.407 e.